The van der Waals surface area contributed by atoms with E-state index in [0.717, 1.165) is 36.2 Å². The summed E-state index contributed by atoms with van der Waals surface area (Å²) in [5.74, 6) is 0.894. The highest BCUT2D eigenvalue weighted by Gasteiger charge is 2.50. The maximum atomic E-state index is 12.8. The Bertz CT molecular complexity index is 1020. The first-order valence-corrected chi connectivity index (χ1v) is 9.30. The van der Waals surface area contributed by atoms with Crippen molar-refractivity contribution in [2.75, 3.05) is 13.7 Å². The standard InChI is InChI=1S/C21H22N4O2/c1-27-17-6-5-15-13-24(14-21(7-8-21)18(15)10-17)20(26)22-11-16-12-23-25-9-3-2-4-19(16)25/h2-6,9-10,12H,7-8,11,13-14H2,1H3,(H,22,26). The minimum atomic E-state index is -0.0157. The smallest absolute Gasteiger partial charge is 0.317 e. The van der Waals surface area contributed by atoms with Crippen molar-refractivity contribution < 1.29 is 9.53 Å². The van der Waals surface area contributed by atoms with Crippen molar-refractivity contribution in [2.45, 2.75) is 31.3 Å². The van der Waals surface area contributed by atoms with Crippen LogP contribution in [0.15, 0.2) is 48.8 Å². The van der Waals surface area contributed by atoms with E-state index in [1.165, 1.54) is 11.1 Å². The normalized spacial score (nSPS) is 17.0. The summed E-state index contributed by atoms with van der Waals surface area (Å²) < 4.78 is 7.21. The highest BCUT2D eigenvalue weighted by molar-refractivity contribution is 5.75. The predicted octanol–water partition coefficient (Wildman–Crippen LogP) is 3.10. The molecule has 2 aromatic heterocycles. The zero-order valence-electron chi connectivity index (χ0n) is 15.3. The van der Waals surface area contributed by atoms with Crippen molar-refractivity contribution >= 4 is 11.5 Å². The van der Waals surface area contributed by atoms with Crippen LogP contribution >= 0.6 is 0 Å². The number of methoxy groups -OCH3 is 1. The number of rotatable bonds is 3. The molecule has 0 unspecified atom stereocenters. The van der Waals surface area contributed by atoms with E-state index >= 15 is 0 Å². The van der Waals surface area contributed by atoms with E-state index in [1.807, 2.05) is 46.1 Å². The van der Waals surface area contributed by atoms with Crippen LogP contribution in [0.3, 0.4) is 0 Å². The van der Waals surface area contributed by atoms with Gasteiger partial charge in [0.05, 0.1) is 18.8 Å². The number of urea groups is 1. The fourth-order valence-electron chi connectivity index (χ4n) is 4.15. The average molecular weight is 362 g/mol. The van der Waals surface area contributed by atoms with Crippen LogP contribution in [-0.2, 0) is 18.5 Å². The van der Waals surface area contributed by atoms with Crippen LogP contribution in [0.25, 0.3) is 5.52 Å². The van der Waals surface area contributed by atoms with E-state index in [1.54, 1.807) is 7.11 Å². The van der Waals surface area contributed by atoms with E-state index in [-0.39, 0.29) is 11.4 Å². The number of carbonyl (C=O) groups excluding carboxylic acids is 1. The molecule has 0 bridgehead atoms. The lowest BCUT2D eigenvalue weighted by atomic mass is 9.87. The van der Waals surface area contributed by atoms with Crippen LogP contribution in [0.5, 0.6) is 5.75 Å². The summed E-state index contributed by atoms with van der Waals surface area (Å²) in [5, 5.41) is 7.40. The number of pyridine rings is 1. The molecule has 0 radical (unpaired) electrons. The third-order valence-electron chi connectivity index (χ3n) is 5.82. The second-order valence-corrected chi connectivity index (χ2v) is 7.52. The Morgan fingerprint density at radius 2 is 2.19 bits per heavy atom. The van der Waals surface area contributed by atoms with Crippen LogP contribution in [0.4, 0.5) is 4.79 Å². The van der Waals surface area contributed by atoms with Crippen molar-refractivity contribution in [3.05, 3.63) is 65.5 Å². The molecule has 1 aliphatic carbocycles. The van der Waals surface area contributed by atoms with Crippen molar-refractivity contribution in [1.29, 1.82) is 0 Å². The van der Waals surface area contributed by atoms with Gasteiger partial charge >= 0.3 is 6.03 Å². The zero-order valence-corrected chi connectivity index (χ0v) is 15.3. The molecular formula is C21H22N4O2. The summed E-state index contributed by atoms with van der Waals surface area (Å²) in [4.78, 5) is 14.8. The summed E-state index contributed by atoms with van der Waals surface area (Å²) in [6, 6.07) is 12.1. The Balaban J connectivity index is 1.32. The molecule has 1 N–H and O–H groups in total. The molecule has 3 aromatic rings. The quantitative estimate of drug-likeness (QED) is 0.779. The van der Waals surface area contributed by atoms with E-state index in [0.29, 0.717) is 13.1 Å². The van der Waals surface area contributed by atoms with E-state index in [4.69, 9.17) is 4.74 Å². The number of ether oxygens (including phenoxy) is 1. The molecule has 2 aliphatic rings. The molecule has 0 atom stereocenters. The number of benzene rings is 1. The molecule has 2 amide bonds. The Labute approximate surface area is 157 Å². The molecule has 1 aromatic carbocycles. The van der Waals surface area contributed by atoms with Gasteiger partial charge < -0.3 is 15.0 Å². The predicted molar refractivity (Wildman–Crippen MR) is 102 cm³/mol. The zero-order chi connectivity index (χ0) is 18.4. The third-order valence-corrected chi connectivity index (χ3v) is 5.82. The van der Waals surface area contributed by atoms with Crippen molar-refractivity contribution in [3.8, 4) is 5.75 Å². The van der Waals surface area contributed by atoms with E-state index in [2.05, 4.69) is 22.5 Å². The first kappa shape index (κ1) is 16.2. The van der Waals surface area contributed by atoms with Gasteiger partial charge in [0, 0.05) is 36.8 Å². The van der Waals surface area contributed by atoms with Gasteiger partial charge in [-0.1, -0.05) is 12.1 Å². The highest BCUT2D eigenvalue weighted by atomic mass is 16.5. The Kier molecular flexibility index (Phi) is 3.60. The van der Waals surface area contributed by atoms with E-state index in [9.17, 15) is 4.79 Å². The minimum Gasteiger partial charge on any atom is -0.497 e. The van der Waals surface area contributed by atoms with Crippen LogP contribution in [-0.4, -0.2) is 34.2 Å². The third kappa shape index (κ3) is 2.72. The molecule has 27 heavy (non-hydrogen) atoms. The van der Waals surface area contributed by atoms with Gasteiger partial charge in [-0.05, 0) is 48.2 Å². The number of hydrogen-bond acceptors (Lipinski definition) is 3. The molecule has 1 spiro atoms. The SMILES string of the molecule is COc1ccc2c(c1)C1(CC1)CN(C(=O)NCc1cnn3ccccc13)C2. The molecule has 1 fully saturated rings. The summed E-state index contributed by atoms with van der Waals surface area (Å²) in [5.41, 5.74) is 4.74. The molecule has 1 saturated carbocycles. The lowest BCUT2D eigenvalue weighted by Crippen LogP contribution is -2.46. The molecular weight excluding hydrogens is 340 g/mol. The van der Waals surface area contributed by atoms with Crippen molar-refractivity contribution in [1.82, 2.24) is 19.8 Å². The summed E-state index contributed by atoms with van der Waals surface area (Å²) >= 11 is 0. The van der Waals surface area contributed by atoms with Crippen LogP contribution < -0.4 is 10.1 Å². The monoisotopic (exact) mass is 362 g/mol. The summed E-state index contributed by atoms with van der Waals surface area (Å²) in [6.07, 6.45) is 5.99. The second kappa shape index (κ2) is 6.01. The van der Waals surface area contributed by atoms with Gasteiger partial charge in [-0.2, -0.15) is 5.10 Å². The maximum absolute atomic E-state index is 12.8. The molecule has 5 rings (SSSR count). The molecule has 0 saturated heterocycles. The molecule has 3 heterocycles. The molecule has 1 aliphatic heterocycles. The van der Waals surface area contributed by atoms with Gasteiger partial charge in [-0.3, -0.25) is 0 Å². The number of aromatic nitrogens is 2. The average Bonchev–Trinajstić information content (AvgIpc) is 3.35. The van der Waals surface area contributed by atoms with Gasteiger partial charge in [0.2, 0.25) is 0 Å². The van der Waals surface area contributed by atoms with Crippen LogP contribution in [0.1, 0.15) is 29.5 Å². The molecule has 138 valence electrons. The van der Waals surface area contributed by atoms with Gasteiger partial charge in [-0.15, -0.1) is 0 Å². The molecule has 6 heteroatoms. The fraction of sp³-hybridized carbons (Fsp3) is 0.333. The largest absolute Gasteiger partial charge is 0.497 e. The lowest BCUT2D eigenvalue weighted by Gasteiger charge is -2.35. The number of hydrogen-bond donors (Lipinski definition) is 1. The van der Waals surface area contributed by atoms with Crippen molar-refractivity contribution in [3.63, 3.8) is 0 Å². The number of nitrogens with zero attached hydrogens (tertiary/aromatic N) is 3. The van der Waals surface area contributed by atoms with Crippen LogP contribution in [0.2, 0.25) is 0 Å². The minimum absolute atomic E-state index is 0.0157. The number of nitrogens with one attached hydrogen (secondary N) is 1. The summed E-state index contributed by atoms with van der Waals surface area (Å²) in [7, 11) is 1.70. The van der Waals surface area contributed by atoms with Gasteiger partial charge in [-0.25, -0.2) is 9.31 Å². The number of fused-ring (bicyclic) bond motifs is 3. The van der Waals surface area contributed by atoms with Gasteiger partial charge in [0.25, 0.3) is 0 Å². The second-order valence-electron chi connectivity index (χ2n) is 7.52. The topological polar surface area (TPSA) is 58.9 Å². The van der Waals surface area contributed by atoms with Gasteiger partial charge in [0.15, 0.2) is 0 Å². The van der Waals surface area contributed by atoms with Gasteiger partial charge in [0.1, 0.15) is 5.75 Å². The number of carbonyl (C=O) groups is 1. The number of amides is 2. The highest BCUT2D eigenvalue weighted by Crippen LogP contribution is 2.53. The first-order chi connectivity index (χ1) is 13.2. The van der Waals surface area contributed by atoms with Crippen LogP contribution in [0, 0.1) is 0 Å². The summed E-state index contributed by atoms with van der Waals surface area (Å²) in [6.45, 7) is 1.89. The van der Waals surface area contributed by atoms with Crippen molar-refractivity contribution in [2.24, 2.45) is 0 Å². The fourth-order valence-corrected chi connectivity index (χ4v) is 4.15. The first-order valence-electron chi connectivity index (χ1n) is 9.30. The lowest BCUT2D eigenvalue weighted by molar-refractivity contribution is 0.183. The molecule has 6 nitrogen and oxygen atoms in total. The maximum Gasteiger partial charge on any atom is 0.317 e. The Morgan fingerprint density at radius 1 is 1.30 bits per heavy atom. The van der Waals surface area contributed by atoms with E-state index < -0.39 is 0 Å². The Hall–Kier alpha value is -3.02. The Morgan fingerprint density at radius 3 is 3.00 bits per heavy atom.